The van der Waals surface area contributed by atoms with E-state index in [2.05, 4.69) is 11.9 Å². The second kappa shape index (κ2) is 6.16. The van der Waals surface area contributed by atoms with E-state index in [1.54, 1.807) is 6.92 Å². The molecule has 4 heteroatoms. The van der Waals surface area contributed by atoms with Gasteiger partial charge in [0, 0.05) is 18.3 Å². The Hall–Kier alpha value is -0.350. The van der Waals surface area contributed by atoms with E-state index in [4.69, 9.17) is 0 Å². The van der Waals surface area contributed by atoms with Crippen molar-refractivity contribution in [1.29, 1.82) is 0 Å². The van der Waals surface area contributed by atoms with Crippen LogP contribution in [0.15, 0.2) is 12.7 Å². The molecule has 0 aliphatic heterocycles. The Labute approximate surface area is 81.1 Å². The van der Waals surface area contributed by atoms with E-state index in [-0.39, 0.29) is 11.5 Å². The third-order valence-electron chi connectivity index (χ3n) is 1.87. The molecular weight excluding hydrogens is 186 g/mol. The van der Waals surface area contributed by atoms with Gasteiger partial charge in [-0.1, -0.05) is 13.0 Å². The maximum absolute atomic E-state index is 11.1. The van der Waals surface area contributed by atoms with Crippen molar-refractivity contribution >= 4 is 9.84 Å². The predicted molar refractivity (Wildman–Crippen MR) is 56.6 cm³/mol. The molecule has 0 aromatic heterocycles. The zero-order valence-corrected chi connectivity index (χ0v) is 9.23. The lowest BCUT2D eigenvalue weighted by Crippen LogP contribution is -2.30. The van der Waals surface area contributed by atoms with Gasteiger partial charge in [0.25, 0.3) is 0 Å². The predicted octanol–water partition coefficient (Wildman–Crippen LogP) is 0.975. The highest BCUT2D eigenvalue weighted by molar-refractivity contribution is 7.91. The van der Waals surface area contributed by atoms with Crippen LogP contribution in [0.25, 0.3) is 0 Å². The van der Waals surface area contributed by atoms with Crippen molar-refractivity contribution in [2.75, 3.05) is 18.1 Å². The SMILES string of the molecule is C=CCC(C)NCCS(=O)(=O)CC. The van der Waals surface area contributed by atoms with Gasteiger partial charge in [-0.05, 0) is 13.3 Å². The average molecular weight is 205 g/mol. The summed E-state index contributed by atoms with van der Waals surface area (Å²) in [4.78, 5) is 0. The van der Waals surface area contributed by atoms with Crippen LogP contribution in [0.1, 0.15) is 20.3 Å². The molecule has 13 heavy (non-hydrogen) atoms. The summed E-state index contributed by atoms with van der Waals surface area (Å²) in [7, 11) is -2.82. The zero-order valence-electron chi connectivity index (χ0n) is 8.41. The van der Waals surface area contributed by atoms with Crippen LogP contribution in [0.5, 0.6) is 0 Å². The minimum atomic E-state index is -2.82. The third kappa shape index (κ3) is 6.78. The van der Waals surface area contributed by atoms with E-state index in [0.717, 1.165) is 6.42 Å². The van der Waals surface area contributed by atoms with Gasteiger partial charge in [-0.2, -0.15) is 0 Å². The molecule has 0 radical (unpaired) electrons. The first-order valence-corrected chi connectivity index (χ1v) is 6.38. The zero-order chi connectivity index (χ0) is 10.3. The maximum atomic E-state index is 11.1. The van der Waals surface area contributed by atoms with Gasteiger partial charge in [-0.15, -0.1) is 6.58 Å². The van der Waals surface area contributed by atoms with Gasteiger partial charge in [0.15, 0.2) is 9.84 Å². The maximum Gasteiger partial charge on any atom is 0.151 e. The van der Waals surface area contributed by atoms with Crippen LogP contribution in [0.3, 0.4) is 0 Å². The number of rotatable bonds is 7. The molecule has 0 heterocycles. The average Bonchev–Trinajstić information content (AvgIpc) is 2.05. The van der Waals surface area contributed by atoms with E-state index < -0.39 is 9.84 Å². The summed E-state index contributed by atoms with van der Waals surface area (Å²) in [6.07, 6.45) is 2.69. The van der Waals surface area contributed by atoms with Crippen LogP contribution in [-0.2, 0) is 9.84 Å². The van der Waals surface area contributed by atoms with Gasteiger partial charge in [-0.3, -0.25) is 0 Å². The lowest BCUT2D eigenvalue weighted by molar-refractivity contribution is 0.561. The number of nitrogens with one attached hydrogen (secondary N) is 1. The Balaban J connectivity index is 3.62. The van der Waals surface area contributed by atoms with Crippen LogP contribution in [0.4, 0.5) is 0 Å². The topological polar surface area (TPSA) is 46.2 Å². The van der Waals surface area contributed by atoms with Crippen molar-refractivity contribution in [3.63, 3.8) is 0 Å². The molecular formula is C9H19NO2S. The Morgan fingerprint density at radius 2 is 2.15 bits per heavy atom. The van der Waals surface area contributed by atoms with Gasteiger partial charge >= 0.3 is 0 Å². The molecule has 0 spiro atoms. The van der Waals surface area contributed by atoms with Gasteiger partial charge in [0.05, 0.1) is 5.75 Å². The van der Waals surface area contributed by atoms with Gasteiger partial charge < -0.3 is 5.32 Å². The summed E-state index contributed by atoms with van der Waals surface area (Å²) in [6, 6.07) is 0.310. The second-order valence-electron chi connectivity index (χ2n) is 3.12. The minimum absolute atomic E-state index is 0.227. The Kier molecular flexibility index (Phi) is 5.99. The van der Waals surface area contributed by atoms with Crippen molar-refractivity contribution in [2.24, 2.45) is 0 Å². The van der Waals surface area contributed by atoms with Crippen molar-refractivity contribution < 1.29 is 8.42 Å². The molecule has 0 aromatic carbocycles. The first kappa shape index (κ1) is 12.7. The largest absolute Gasteiger partial charge is 0.313 e. The smallest absolute Gasteiger partial charge is 0.151 e. The highest BCUT2D eigenvalue weighted by atomic mass is 32.2. The van der Waals surface area contributed by atoms with E-state index >= 15 is 0 Å². The van der Waals surface area contributed by atoms with E-state index in [9.17, 15) is 8.42 Å². The van der Waals surface area contributed by atoms with Crippen LogP contribution in [0, 0.1) is 0 Å². The fourth-order valence-corrected chi connectivity index (χ4v) is 1.66. The fraction of sp³-hybridized carbons (Fsp3) is 0.778. The molecule has 3 nitrogen and oxygen atoms in total. The lowest BCUT2D eigenvalue weighted by Gasteiger charge is -2.10. The number of hydrogen-bond donors (Lipinski definition) is 1. The van der Waals surface area contributed by atoms with E-state index in [0.29, 0.717) is 12.6 Å². The number of hydrogen-bond acceptors (Lipinski definition) is 3. The monoisotopic (exact) mass is 205 g/mol. The Bertz CT molecular complexity index is 234. The van der Waals surface area contributed by atoms with Crippen LogP contribution in [0.2, 0.25) is 0 Å². The molecule has 1 N–H and O–H groups in total. The summed E-state index contributed by atoms with van der Waals surface area (Å²) in [5.74, 6) is 0.454. The second-order valence-corrected chi connectivity index (χ2v) is 5.59. The van der Waals surface area contributed by atoms with Gasteiger partial charge in [0.1, 0.15) is 0 Å². The van der Waals surface area contributed by atoms with Crippen molar-refractivity contribution in [1.82, 2.24) is 5.32 Å². The summed E-state index contributed by atoms with van der Waals surface area (Å²) >= 11 is 0. The van der Waals surface area contributed by atoms with Crippen LogP contribution >= 0.6 is 0 Å². The quantitative estimate of drug-likeness (QED) is 0.630. The molecule has 0 saturated carbocycles. The molecule has 0 rings (SSSR count). The summed E-state index contributed by atoms with van der Waals surface area (Å²) < 4.78 is 22.2. The first-order chi connectivity index (χ1) is 6.02. The van der Waals surface area contributed by atoms with Crippen molar-refractivity contribution in [3.8, 4) is 0 Å². The summed E-state index contributed by atoms with van der Waals surface area (Å²) in [6.45, 7) is 7.83. The molecule has 0 aliphatic carbocycles. The summed E-state index contributed by atoms with van der Waals surface area (Å²) in [5.41, 5.74) is 0. The van der Waals surface area contributed by atoms with E-state index in [1.807, 2.05) is 13.0 Å². The molecule has 78 valence electrons. The van der Waals surface area contributed by atoms with Crippen molar-refractivity contribution in [3.05, 3.63) is 12.7 Å². The lowest BCUT2D eigenvalue weighted by atomic mass is 10.2. The molecule has 0 saturated heterocycles. The van der Waals surface area contributed by atoms with Crippen LogP contribution in [-0.4, -0.2) is 32.5 Å². The van der Waals surface area contributed by atoms with E-state index in [1.165, 1.54) is 0 Å². The Morgan fingerprint density at radius 3 is 2.62 bits per heavy atom. The standard InChI is InChI=1S/C9H19NO2S/c1-4-6-9(3)10-7-8-13(11,12)5-2/h4,9-10H,1,5-8H2,2-3H3. The highest BCUT2D eigenvalue weighted by Gasteiger charge is 2.07. The Morgan fingerprint density at radius 1 is 1.54 bits per heavy atom. The van der Waals surface area contributed by atoms with Crippen LogP contribution < -0.4 is 5.32 Å². The summed E-state index contributed by atoms with van der Waals surface area (Å²) in [5, 5.41) is 3.12. The third-order valence-corrected chi connectivity index (χ3v) is 3.57. The molecule has 0 bridgehead atoms. The number of sulfone groups is 1. The first-order valence-electron chi connectivity index (χ1n) is 4.56. The van der Waals surface area contributed by atoms with Gasteiger partial charge in [-0.25, -0.2) is 8.42 Å². The molecule has 0 fully saturated rings. The normalized spacial score (nSPS) is 14.0. The molecule has 0 aromatic rings. The van der Waals surface area contributed by atoms with Crippen molar-refractivity contribution in [2.45, 2.75) is 26.3 Å². The highest BCUT2D eigenvalue weighted by Crippen LogP contribution is 1.92. The molecule has 0 aliphatic rings. The molecule has 1 unspecified atom stereocenters. The molecule has 1 atom stereocenters. The van der Waals surface area contributed by atoms with Gasteiger partial charge in [0.2, 0.25) is 0 Å². The fourth-order valence-electron chi connectivity index (χ4n) is 0.938. The molecule has 0 amide bonds. The minimum Gasteiger partial charge on any atom is -0.313 e.